The molecule has 0 spiro atoms. The van der Waals surface area contributed by atoms with Gasteiger partial charge < -0.3 is 4.90 Å². The van der Waals surface area contributed by atoms with E-state index in [1.54, 1.807) is 36.8 Å². The van der Waals surface area contributed by atoms with E-state index in [0.29, 0.717) is 16.9 Å². The Balaban J connectivity index is 1.55. The number of hydrogen-bond acceptors (Lipinski definition) is 5. The minimum atomic E-state index is -2.61. The molecule has 1 aliphatic rings. The van der Waals surface area contributed by atoms with E-state index in [-0.39, 0.29) is 6.04 Å². The van der Waals surface area contributed by atoms with Gasteiger partial charge in [0.2, 0.25) is 0 Å². The molecule has 0 amide bonds. The number of piperazine rings is 1. The molecular formula is C18H20F2N6. The minimum absolute atomic E-state index is 0.194. The van der Waals surface area contributed by atoms with Crippen molar-refractivity contribution in [1.82, 2.24) is 24.4 Å². The first-order chi connectivity index (χ1) is 12.6. The van der Waals surface area contributed by atoms with Crippen LogP contribution in [-0.2, 0) is 0 Å². The van der Waals surface area contributed by atoms with Crippen LogP contribution in [0.3, 0.4) is 0 Å². The van der Waals surface area contributed by atoms with Gasteiger partial charge in [-0.1, -0.05) is 12.1 Å². The molecule has 1 unspecified atom stereocenters. The molecule has 3 aromatic rings. The molecular weight excluding hydrogens is 338 g/mol. The maximum atomic E-state index is 13.7. The molecule has 6 nitrogen and oxygen atoms in total. The van der Waals surface area contributed by atoms with E-state index in [2.05, 4.69) is 24.8 Å². The van der Waals surface area contributed by atoms with Crippen molar-refractivity contribution in [3.63, 3.8) is 0 Å². The third-order valence-electron chi connectivity index (χ3n) is 4.93. The number of nitrogens with zero attached hydrogens (tertiary/aromatic N) is 6. The quantitative estimate of drug-likeness (QED) is 0.717. The van der Waals surface area contributed by atoms with Gasteiger partial charge in [0.15, 0.2) is 0 Å². The number of rotatable bonds is 4. The number of para-hydroxylation sites is 2. The molecule has 4 rings (SSSR count). The maximum absolute atomic E-state index is 13.7. The van der Waals surface area contributed by atoms with Crippen LogP contribution in [0.1, 0.15) is 25.3 Å². The fraction of sp³-hybridized carbons (Fsp3) is 0.389. The van der Waals surface area contributed by atoms with Crippen molar-refractivity contribution < 1.29 is 8.78 Å². The lowest BCUT2D eigenvalue weighted by molar-refractivity contribution is 0.0641. The third kappa shape index (κ3) is 3.01. The summed E-state index contributed by atoms with van der Waals surface area (Å²) in [7, 11) is 0. The van der Waals surface area contributed by atoms with Gasteiger partial charge in [-0.2, -0.15) is 8.78 Å². The second-order valence-corrected chi connectivity index (χ2v) is 6.37. The highest BCUT2D eigenvalue weighted by Crippen LogP contribution is 2.30. The van der Waals surface area contributed by atoms with Crippen LogP contribution in [0.25, 0.3) is 11.0 Å². The third-order valence-corrected chi connectivity index (χ3v) is 4.93. The van der Waals surface area contributed by atoms with Crippen LogP contribution in [0, 0.1) is 0 Å². The Hall–Kier alpha value is -2.61. The van der Waals surface area contributed by atoms with E-state index < -0.39 is 6.55 Å². The SMILES string of the molecule is CC(c1nc2ccccc2n1C(F)F)N1CCN(c2cnccn2)CC1. The molecule has 1 atom stereocenters. The summed E-state index contributed by atoms with van der Waals surface area (Å²) in [6.45, 7) is 2.39. The smallest absolute Gasteiger partial charge is 0.320 e. The van der Waals surface area contributed by atoms with Crippen molar-refractivity contribution in [2.45, 2.75) is 19.5 Å². The number of fused-ring (bicyclic) bond motifs is 1. The Morgan fingerprint density at radius 2 is 1.81 bits per heavy atom. The van der Waals surface area contributed by atoms with E-state index >= 15 is 0 Å². The summed E-state index contributed by atoms with van der Waals surface area (Å²) in [6.07, 6.45) is 5.07. The second kappa shape index (κ2) is 6.95. The zero-order valence-corrected chi connectivity index (χ0v) is 14.5. The van der Waals surface area contributed by atoms with E-state index in [1.807, 2.05) is 13.0 Å². The molecule has 26 heavy (non-hydrogen) atoms. The lowest BCUT2D eigenvalue weighted by Crippen LogP contribution is -2.47. The molecule has 2 aromatic heterocycles. The monoisotopic (exact) mass is 358 g/mol. The summed E-state index contributed by atoms with van der Waals surface area (Å²) in [4.78, 5) is 17.3. The second-order valence-electron chi connectivity index (χ2n) is 6.37. The number of hydrogen-bond donors (Lipinski definition) is 0. The first-order valence-electron chi connectivity index (χ1n) is 8.65. The van der Waals surface area contributed by atoms with Crippen molar-refractivity contribution >= 4 is 16.9 Å². The molecule has 1 aliphatic heterocycles. The molecule has 0 N–H and O–H groups in total. The standard InChI is InChI=1S/C18H20F2N6/c1-13(17-23-14-4-2-3-5-15(14)26(17)18(19)20)24-8-10-25(11-9-24)16-12-21-6-7-22-16/h2-7,12-13,18H,8-11H2,1H3. The number of benzene rings is 1. The summed E-state index contributed by atoms with van der Waals surface area (Å²) >= 11 is 0. The molecule has 0 bridgehead atoms. The first kappa shape index (κ1) is 16.8. The van der Waals surface area contributed by atoms with Gasteiger partial charge in [-0.25, -0.2) is 9.97 Å². The lowest BCUT2D eigenvalue weighted by atomic mass is 10.2. The van der Waals surface area contributed by atoms with E-state index in [0.717, 1.165) is 36.6 Å². The van der Waals surface area contributed by atoms with Gasteiger partial charge in [0.1, 0.15) is 11.6 Å². The molecule has 1 aromatic carbocycles. The van der Waals surface area contributed by atoms with Crippen molar-refractivity contribution in [3.8, 4) is 0 Å². The van der Waals surface area contributed by atoms with Crippen LogP contribution in [0.5, 0.6) is 0 Å². The molecule has 8 heteroatoms. The topological polar surface area (TPSA) is 50.1 Å². The predicted molar refractivity (Wildman–Crippen MR) is 95.2 cm³/mol. The average molecular weight is 358 g/mol. The van der Waals surface area contributed by atoms with Crippen molar-refractivity contribution in [3.05, 3.63) is 48.7 Å². The molecule has 136 valence electrons. The van der Waals surface area contributed by atoms with Crippen LogP contribution in [0.15, 0.2) is 42.9 Å². The molecule has 0 radical (unpaired) electrons. The molecule has 1 saturated heterocycles. The lowest BCUT2D eigenvalue weighted by Gasteiger charge is -2.38. The minimum Gasteiger partial charge on any atom is -0.353 e. The molecule has 1 fully saturated rings. The highest BCUT2D eigenvalue weighted by molar-refractivity contribution is 5.76. The van der Waals surface area contributed by atoms with Gasteiger partial charge in [-0.3, -0.25) is 14.5 Å². The van der Waals surface area contributed by atoms with Crippen LogP contribution in [0.2, 0.25) is 0 Å². The average Bonchev–Trinajstić information content (AvgIpc) is 3.08. The van der Waals surface area contributed by atoms with Crippen LogP contribution < -0.4 is 4.90 Å². The number of imidazole rings is 1. The van der Waals surface area contributed by atoms with E-state index in [9.17, 15) is 8.78 Å². The summed E-state index contributed by atoms with van der Waals surface area (Å²) in [6, 6.07) is 6.85. The summed E-state index contributed by atoms with van der Waals surface area (Å²) < 4.78 is 28.4. The Morgan fingerprint density at radius 1 is 1.04 bits per heavy atom. The fourth-order valence-corrected chi connectivity index (χ4v) is 3.52. The molecule has 0 aliphatic carbocycles. The largest absolute Gasteiger partial charge is 0.353 e. The number of aromatic nitrogens is 4. The Kier molecular flexibility index (Phi) is 4.50. The summed E-state index contributed by atoms with van der Waals surface area (Å²) in [5.74, 6) is 1.26. The Labute approximate surface area is 150 Å². The van der Waals surface area contributed by atoms with E-state index in [4.69, 9.17) is 0 Å². The Bertz CT molecular complexity index is 874. The van der Waals surface area contributed by atoms with E-state index in [1.165, 1.54) is 0 Å². The van der Waals surface area contributed by atoms with Crippen molar-refractivity contribution in [1.29, 1.82) is 0 Å². The molecule has 0 saturated carbocycles. The highest BCUT2D eigenvalue weighted by Gasteiger charge is 2.28. The fourth-order valence-electron chi connectivity index (χ4n) is 3.52. The number of anilines is 1. The van der Waals surface area contributed by atoms with Crippen molar-refractivity contribution in [2.24, 2.45) is 0 Å². The van der Waals surface area contributed by atoms with Gasteiger partial charge in [0.25, 0.3) is 0 Å². The summed E-state index contributed by atoms with van der Waals surface area (Å²) in [5.41, 5.74) is 1.08. The maximum Gasteiger partial charge on any atom is 0.320 e. The van der Waals surface area contributed by atoms with Crippen LogP contribution in [0.4, 0.5) is 14.6 Å². The van der Waals surface area contributed by atoms with Gasteiger partial charge in [0, 0.05) is 38.6 Å². The number of alkyl halides is 2. The Morgan fingerprint density at radius 3 is 2.50 bits per heavy atom. The number of halogens is 2. The zero-order chi connectivity index (χ0) is 18.1. The zero-order valence-electron chi connectivity index (χ0n) is 14.5. The van der Waals surface area contributed by atoms with Gasteiger partial charge in [-0.05, 0) is 19.1 Å². The van der Waals surface area contributed by atoms with Crippen LogP contribution in [-0.4, -0.2) is 50.6 Å². The summed E-state index contributed by atoms with van der Waals surface area (Å²) in [5, 5.41) is 0. The normalized spacial score (nSPS) is 17.2. The van der Waals surface area contributed by atoms with Gasteiger partial charge in [-0.15, -0.1) is 0 Å². The first-order valence-corrected chi connectivity index (χ1v) is 8.65. The highest BCUT2D eigenvalue weighted by atomic mass is 19.3. The molecule has 3 heterocycles. The van der Waals surface area contributed by atoms with Gasteiger partial charge in [0.05, 0.1) is 23.3 Å². The van der Waals surface area contributed by atoms with Gasteiger partial charge >= 0.3 is 6.55 Å². The predicted octanol–water partition coefficient (Wildman–Crippen LogP) is 3.10. The van der Waals surface area contributed by atoms with Crippen LogP contribution >= 0.6 is 0 Å². The van der Waals surface area contributed by atoms with Crippen molar-refractivity contribution in [2.75, 3.05) is 31.1 Å².